The van der Waals surface area contributed by atoms with Gasteiger partial charge in [0.1, 0.15) is 11.6 Å². The highest BCUT2D eigenvalue weighted by Crippen LogP contribution is 2.25. The van der Waals surface area contributed by atoms with E-state index < -0.39 is 11.6 Å². The molecule has 3 rings (SSSR count). The van der Waals surface area contributed by atoms with Gasteiger partial charge in [-0.05, 0) is 53.1 Å². The van der Waals surface area contributed by atoms with Gasteiger partial charge in [0.25, 0.3) is 0 Å². The summed E-state index contributed by atoms with van der Waals surface area (Å²) >= 11 is 0. The van der Waals surface area contributed by atoms with Crippen LogP contribution in [0, 0.1) is 11.6 Å². The largest absolute Gasteiger partial charge is 0.207 e. The molecule has 0 amide bonds. The Morgan fingerprint density at radius 1 is 0.821 bits per heavy atom. The lowest BCUT2D eigenvalue weighted by Crippen LogP contribution is -2.04. The van der Waals surface area contributed by atoms with E-state index >= 15 is 0 Å². The Labute approximate surface area is 166 Å². The fraction of sp³-hybridized carbons (Fsp3) is 0.231. The summed E-state index contributed by atoms with van der Waals surface area (Å²) in [6, 6.07) is 20.9. The van der Waals surface area contributed by atoms with Gasteiger partial charge >= 0.3 is 0 Å². The standard InChI is InChI=1S/C26H26F2/c1-3-7-20-10-12-21(13-11-20)14-15-22-17-25(27)24(26(28)18-22)16-19(2)23-8-5-4-6-9-23/h4-6,8-15,17-19H,3,7,16H2,1-2H3/t19-/m0/s1. The van der Waals surface area contributed by atoms with Gasteiger partial charge < -0.3 is 0 Å². The van der Waals surface area contributed by atoms with Gasteiger partial charge in [-0.3, -0.25) is 0 Å². The molecule has 0 spiro atoms. The van der Waals surface area contributed by atoms with E-state index in [-0.39, 0.29) is 11.5 Å². The highest BCUT2D eigenvalue weighted by atomic mass is 19.1. The minimum atomic E-state index is -0.485. The molecule has 144 valence electrons. The third-order valence-corrected chi connectivity index (χ3v) is 5.03. The summed E-state index contributed by atoms with van der Waals surface area (Å²) in [5, 5.41) is 0. The van der Waals surface area contributed by atoms with Gasteiger partial charge in [0.15, 0.2) is 0 Å². The fourth-order valence-electron chi connectivity index (χ4n) is 3.40. The molecule has 0 aliphatic heterocycles. The highest BCUT2D eigenvalue weighted by Gasteiger charge is 2.15. The molecule has 0 radical (unpaired) electrons. The van der Waals surface area contributed by atoms with Crippen LogP contribution in [0.1, 0.15) is 54.0 Å². The lowest BCUT2D eigenvalue weighted by atomic mass is 9.92. The Kier molecular flexibility index (Phi) is 6.76. The number of rotatable bonds is 7. The van der Waals surface area contributed by atoms with Crippen molar-refractivity contribution in [2.24, 2.45) is 0 Å². The molecule has 0 aromatic heterocycles. The van der Waals surface area contributed by atoms with Crippen LogP contribution in [-0.2, 0) is 12.8 Å². The third kappa shape index (κ3) is 5.16. The Morgan fingerprint density at radius 3 is 2.04 bits per heavy atom. The van der Waals surface area contributed by atoms with Crippen LogP contribution in [0.3, 0.4) is 0 Å². The predicted octanol–water partition coefficient (Wildman–Crippen LogP) is 7.43. The SMILES string of the molecule is CCCc1ccc(C=Cc2cc(F)c(C[C@H](C)c3ccccc3)c(F)c2)cc1. The molecular formula is C26H26F2. The van der Waals surface area contributed by atoms with Gasteiger partial charge in [-0.25, -0.2) is 8.78 Å². The van der Waals surface area contributed by atoms with Crippen molar-refractivity contribution < 1.29 is 8.78 Å². The first-order chi connectivity index (χ1) is 13.6. The fourth-order valence-corrected chi connectivity index (χ4v) is 3.40. The van der Waals surface area contributed by atoms with E-state index in [0.29, 0.717) is 12.0 Å². The summed E-state index contributed by atoms with van der Waals surface area (Å²) in [5.74, 6) is -0.922. The number of hydrogen-bond donors (Lipinski definition) is 0. The zero-order chi connectivity index (χ0) is 19.9. The van der Waals surface area contributed by atoms with Gasteiger partial charge in [-0.1, -0.05) is 87.0 Å². The summed E-state index contributed by atoms with van der Waals surface area (Å²) in [6.07, 6.45) is 6.15. The number of aryl methyl sites for hydroxylation is 1. The molecule has 0 bridgehead atoms. The van der Waals surface area contributed by atoms with E-state index in [1.807, 2.05) is 55.5 Å². The maximum Gasteiger partial charge on any atom is 0.129 e. The molecule has 0 unspecified atom stereocenters. The van der Waals surface area contributed by atoms with E-state index in [4.69, 9.17) is 0 Å². The zero-order valence-electron chi connectivity index (χ0n) is 16.5. The highest BCUT2D eigenvalue weighted by molar-refractivity contribution is 5.69. The summed E-state index contributed by atoms with van der Waals surface area (Å²) in [4.78, 5) is 0. The Hall–Kier alpha value is -2.74. The average molecular weight is 376 g/mol. The minimum Gasteiger partial charge on any atom is -0.207 e. The van der Waals surface area contributed by atoms with Crippen molar-refractivity contribution in [1.82, 2.24) is 0 Å². The first-order valence-electron chi connectivity index (χ1n) is 9.86. The van der Waals surface area contributed by atoms with Crippen LogP contribution < -0.4 is 0 Å². The molecule has 0 aliphatic rings. The monoisotopic (exact) mass is 376 g/mol. The second kappa shape index (κ2) is 9.45. The van der Waals surface area contributed by atoms with E-state index in [2.05, 4.69) is 19.1 Å². The van der Waals surface area contributed by atoms with Crippen molar-refractivity contribution in [2.45, 2.75) is 39.0 Å². The lowest BCUT2D eigenvalue weighted by Gasteiger charge is -2.14. The van der Waals surface area contributed by atoms with Crippen molar-refractivity contribution in [3.63, 3.8) is 0 Å². The van der Waals surface area contributed by atoms with Crippen molar-refractivity contribution in [1.29, 1.82) is 0 Å². The first-order valence-corrected chi connectivity index (χ1v) is 9.86. The summed E-state index contributed by atoms with van der Waals surface area (Å²) in [5.41, 5.74) is 4.08. The molecule has 0 heterocycles. The molecule has 3 aromatic carbocycles. The van der Waals surface area contributed by atoms with Gasteiger partial charge in [-0.15, -0.1) is 0 Å². The Balaban J connectivity index is 1.74. The molecule has 0 saturated carbocycles. The molecule has 0 nitrogen and oxygen atoms in total. The van der Waals surface area contributed by atoms with Crippen molar-refractivity contribution in [3.05, 3.63) is 106 Å². The number of halogens is 2. The molecule has 3 aromatic rings. The molecule has 2 heteroatoms. The average Bonchev–Trinajstić information content (AvgIpc) is 2.71. The lowest BCUT2D eigenvalue weighted by molar-refractivity contribution is 0.543. The normalized spacial score (nSPS) is 12.4. The Bertz CT molecular complexity index is 901. The van der Waals surface area contributed by atoms with Crippen LogP contribution >= 0.6 is 0 Å². The topological polar surface area (TPSA) is 0 Å². The van der Waals surface area contributed by atoms with Crippen LogP contribution in [0.5, 0.6) is 0 Å². The summed E-state index contributed by atoms with van der Waals surface area (Å²) in [7, 11) is 0. The van der Waals surface area contributed by atoms with E-state index in [0.717, 1.165) is 24.0 Å². The van der Waals surface area contributed by atoms with E-state index in [1.54, 1.807) is 6.08 Å². The number of hydrogen-bond acceptors (Lipinski definition) is 0. The first kappa shape index (κ1) is 20.0. The van der Waals surface area contributed by atoms with Gasteiger partial charge in [-0.2, -0.15) is 0 Å². The summed E-state index contributed by atoms with van der Waals surface area (Å²) in [6.45, 7) is 4.14. The predicted molar refractivity (Wildman–Crippen MR) is 114 cm³/mol. The maximum atomic E-state index is 14.6. The molecule has 0 saturated heterocycles. The minimum absolute atomic E-state index is 0.0493. The molecule has 0 N–H and O–H groups in total. The van der Waals surface area contributed by atoms with Gasteiger partial charge in [0, 0.05) is 5.56 Å². The molecular weight excluding hydrogens is 350 g/mol. The van der Waals surface area contributed by atoms with Gasteiger partial charge in [0.05, 0.1) is 0 Å². The molecule has 1 atom stereocenters. The van der Waals surface area contributed by atoms with Crippen LogP contribution in [-0.4, -0.2) is 0 Å². The zero-order valence-corrected chi connectivity index (χ0v) is 16.5. The quantitative estimate of drug-likeness (QED) is 0.376. The smallest absolute Gasteiger partial charge is 0.129 e. The maximum absolute atomic E-state index is 14.6. The van der Waals surface area contributed by atoms with Crippen LogP contribution in [0.25, 0.3) is 12.2 Å². The summed E-state index contributed by atoms with van der Waals surface area (Å²) < 4.78 is 29.2. The number of benzene rings is 3. The van der Waals surface area contributed by atoms with Crippen molar-refractivity contribution in [3.8, 4) is 0 Å². The van der Waals surface area contributed by atoms with Crippen molar-refractivity contribution >= 4 is 12.2 Å². The van der Waals surface area contributed by atoms with Crippen LogP contribution in [0.2, 0.25) is 0 Å². The third-order valence-electron chi connectivity index (χ3n) is 5.03. The van der Waals surface area contributed by atoms with Crippen molar-refractivity contribution in [2.75, 3.05) is 0 Å². The molecule has 0 fully saturated rings. The Morgan fingerprint density at radius 2 is 1.43 bits per heavy atom. The second-order valence-corrected chi connectivity index (χ2v) is 7.30. The van der Waals surface area contributed by atoms with Crippen LogP contribution in [0.15, 0.2) is 66.7 Å². The van der Waals surface area contributed by atoms with Gasteiger partial charge in [0.2, 0.25) is 0 Å². The van der Waals surface area contributed by atoms with Crippen LogP contribution in [0.4, 0.5) is 8.78 Å². The molecule has 28 heavy (non-hydrogen) atoms. The van der Waals surface area contributed by atoms with E-state index in [9.17, 15) is 8.78 Å². The van der Waals surface area contributed by atoms with E-state index in [1.165, 1.54) is 17.7 Å². The molecule has 0 aliphatic carbocycles. The second-order valence-electron chi connectivity index (χ2n) is 7.30.